The molecule has 1 unspecified atom stereocenters. The van der Waals surface area contributed by atoms with E-state index < -0.39 is 12.2 Å². The van der Waals surface area contributed by atoms with Crippen LogP contribution in [0.2, 0.25) is 0 Å². The van der Waals surface area contributed by atoms with Crippen molar-refractivity contribution in [3.8, 4) is 0 Å². The molecule has 0 aliphatic heterocycles. The van der Waals surface area contributed by atoms with Crippen molar-refractivity contribution in [2.45, 2.75) is 64.7 Å². The molecule has 3 N–H and O–H groups in total. The van der Waals surface area contributed by atoms with Gasteiger partial charge in [-0.2, -0.15) is 0 Å². The van der Waals surface area contributed by atoms with Gasteiger partial charge >= 0.3 is 12.1 Å². The maximum Gasteiger partial charge on any atom is 0.407 e. The standard InChI is InChI=1S/C15H29N3O4/c1-4-16-14(19)17-9-13(22-15(20)18-11(2)3)10-21-12-7-5-6-8-12/h11-13H,4-10H2,1-3H3,(H,18,20)(H2,16,17,19). The number of ether oxygens (including phenoxy) is 2. The first-order valence-corrected chi connectivity index (χ1v) is 8.11. The van der Waals surface area contributed by atoms with Crippen LogP contribution in [-0.4, -0.2) is 50.1 Å². The van der Waals surface area contributed by atoms with E-state index in [0.717, 1.165) is 12.8 Å². The zero-order valence-electron chi connectivity index (χ0n) is 13.8. The summed E-state index contributed by atoms with van der Waals surface area (Å²) in [7, 11) is 0. The molecule has 7 nitrogen and oxygen atoms in total. The number of urea groups is 1. The Balaban J connectivity index is 2.39. The molecule has 3 amide bonds. The van der Waals surface area contributed by atoms with E-state index in [0.29, 0.717) is 13.2 Å². The average Bonchev–Trinajstić information content (AvgIpc) is 2.94. The van der Waals surface area contributed by atoms with Crippen LogP contribution in [0.4, 0.5) is 9.59 Å². The number of hydrogen-bond donors (Lipinski definition) is 3. The van der Waals surface area contributed by atoms with Crippen LogP contribution in [0.1, 0.15) is 46.5 Å². The first-order chi connectivity index (χ1) is 10.5. The first-order valence-electron chi connectivity index (χ1n) is 8.11. The van der Waals surface area contributed by atoms with Crippen LogP contribution < -0.4 is 16.0 Å². The number of rotatable bonds is 8. The third kappa shape index (κ3) is 8.07. The summed E-state index contributed by atoms with van der Waals surface area (Å²) in [6, 6.07) is -0.276. The molecule has 128 valence electrons. The van der Waals surface area contributed by atoms with Gasteiger partial charge < -0.3 is 25.4 Å². The first kappa shape index (κ1) is 18.5. The predicted octanol–water partition coefficient (Wildman–Crippen LogP) is 1.77. The zero-order valence-corrected chi connectivity index (χ0v) is 13.8. The highest BCUT2D eigenvalue weighted by Gasteiger charge is 2.21. The van der Waals surface area contributed by atoms with Gasteiger partial charge in [-0.05, 0) is 33.6 Å². The van der Waals surface area contributed by atoms with Crippen molar-refractivity contribution in [2.75, 3.05) is 19.7 Å². The van der Waals surface area contributed by atoms with Crippen LogP contribution in [0, 0.1) is 0 Å². The lowest BCUT2D eigenvalue weighted by molar-refractivity contribution is -0.0134. The largest absolute Gasteiger partial charge is 0.442 e. The number of amides is 3. The fourth-order valence-electron chi connectivity index (χ4n) is 2.28. The Labute approximate surface area is 132 Å². The van der Waals surface area contributed by atoms with Gasteiger partial charge in [0.1, 0.15) is 6.10 Å². The number of carbonyl (C=O) groups excluding carboxylic acids is 2. The predicted molar refractivity (Wildman–Crippen MR) is 83.8 cm³/mol. The van der Waals surface area contributed by atoms with E-state index in [-0.39, 0.29) is 24.7 Å². The lowest BCUT2D eigenvalue weighted by atomic mass is 10.3. The van der Waals surface area contributed by atoms with Crippen LogP contribution in [0.3, 0.4) is 0 Å². The van der Waals surface area contributed by atoms with E-state index in [1.807, 2.05) is 20.8 Å². The molecule has 0 spiro atoms. The summed E-state index contributed by atoms with van der Waals surface area (Å²) in [6.07, 6.45) is 3.71. The molecule has 0 saturated heterocycles. The van der Waals surface area contributed by atoms with Crippen LogP contribution in [-0.2, 0) is 9.47 Å². The van der Waals surface area contributed by atoms with Gasteiger partial charge in [-0.1, -0.05) is 12.8 Å². The molecule has 0 radical (unpaired) electrons. The highest BCUT2D eigenvalue weighted by Crippen LogP contribution is 2.21. The second kappa shape index (κ2) is 10.3. The van der Waals surface area contributed by atoms with E-state index in [1.54, 1.807) is 0 Å². The highest BCUT2D eigenvalue weighted by molar-refractivity contribution is 5.73. The summed E-state index contributed by atoms with van der Waals surface area (Å²) in [5, 5.41) is 7.99. The van der Waals surface area contributed by atoms with E-state index in [9.17, 15) is 9.59 Å². The van der Waals surface area contributed by atoms with Crippen molar-refractivity contribution in [1.82, 2.24) is 16.0 Å². The Kier molecular flexibility index (Phi) is 8.65. The monoisotopic (exact) mass is 315 g/mol. The zero-order chi connectivity index (χ0) is 16.4. The smallest absolute Gasteiger partial charge is 0.407 e. The number of alkyl carbamates (subject to hydrolysis) is 1. The highest BCUT2D eigenvalue weighted by atomic mass is 16.6. The molecule has 0 heterocycles. The minimum absolute atomic E-state index is 0.000231. The van der Waals surface area contributed by atoms with Gasteiger partial charge in [0.05, 0.1) is 19.3 Å². The number of carbonyl (C=O) groups is 2. The lowest BCUT2D eigenvalue weighted by Crippen LogP contribution is -2.44. The molecule has 0 aromatic carbocycles. The van der Waals surface area contributed by atoms with E-state index >= 15 is 0 Å². The van der Waals surface area contributed by atoms with E-state index in [1.165, 1.54) is 12.8 Å². The Hall–Kier alpha value is -1.50. The van der Waals surface area contributed by atoms with Crippen LogP contribution in [0.25, 0.3) is 0 Å². The van der Waals surface area contributed by atoms with Gasteiger partial charge in [-0.25, -0.2) is 9.59 Å². The van der Waals surface area contributed by atoms with Gasteiger partial charge in [-0.3, -0.25) is 0 Å². The topological polar surface area (TPSA) is 88.7 Å². The van der Waals surface area contributed by atoms with Crippen molar-refractivity contribution < 1.29 is 19.1 Å². The Bertz CT molecular complexity index is 344. The molecule has 1 saturated carbocycles. The molecule has 0 aromatic heterocycles. The summed E-state index contributed by atoms with van der Waals surface area (Å²) < 4.78 is 11.1. The van der Waals surface area contributed by atoms with Crippen LogP contribution in [0.5, 0.6) is 0 Å². The maximum atomic E-state index is 11.7. The van der Waals surface area contributed by atoms with E-state index in [4.69, 9.17) is 9.47 Å². The normalized spacial score (nSPS) is 16.4. The fourth-order valence-corrected chi connectivity index (χ4v) is 2.28. The number of hydrogen-bond acceptors (Lipinski definition) is 4. The molecule has 22 heavy (non-hydrogen) atoms. The van der Waals surface area contributed by atoms with E-state index in [2.05, 4.69) is 16.0 Å². The molecule has 1 aliphatic carbocycles. The Morgan fingerprint density at radius 2 is 1.86 bits per heavy atom. The van der Waals surface area contributed by atoms with Crippen LogP contribution >= 0.6 is 0 Å². The van der Waals surface area contributed by atoms with Crippen LogP contribution in [0.15, 0.2) is 0 Å². The SMILES string of the molecule is CCNC(=O)NCC(COC1CCCC1)OC(=O)NC(C)C. The van der Waals surface area contributed by atoms with Gasteiger partial charge in [-0.15, -0.1) is 0 Å². The van der Waals surface area contributed by atoms with Crippen molar-refractivity contribution >= 4 is 12.1 Å². The fraction of sp³-hybridized carbons (Fsp3) is 0.867. The average molecular weight is 315 g/mol. The van der Waals surface area contributed by atoms with Crippen molar-refractivity contribution in [2.24, 2.45) is 0 Å². The molecular formula is C15H29N3O4. The molecular weight excluding hydrogens is 286 g/mol. The minimum Gasteiger partial charge on any atom is -0.442 e. The summed E-state index contributed by atoms with van der Waals surface area (Å²) in [4.78, 5) is 23.2. The second-order valence-electron chi connectivity index (χ2n) is 5.81. The van der Waals surface area contributed by atoms with Crippen molar-refractivity contribution in [3.63, 3.8) is 0 Å². The maximum absolute atomic E-state index is 11.7. The van der Waals surface area contributed by atoms with Gasteiger partial charge in [0, 0.05) is 12.6 Å². The second-order valence-corrected chi connectivity index (χ2v) is 5.81. The number of nitrogens with one attached hydrogen (secondary N) is 3. The molecule has 0 aromatic rings. The summed E-state index contributed by atoms with van der Waals surface area (Å²) in [6.45, 7) is 6.62. The van der Waals surface area contributed by atoms with Crippen molar-refractivity contribution in [1.29, 1.82) is 0 Å². The molecule has 1 atom stereocenters. The summed E-state index contributed by atoms with van der Waals surface area (Å²) in [5.74, 6) is 0. The summed E-state index contributed by atoms with van der Waals surface area (Å²) >= 11 is 0. The third-order valence-corrected chi connectivity index (χ3v) is 3.33. The van der Waals surface area contributed by atoms with Gasteiger partial charge in [0.15, 0.2) is 0 Å². The van der Waals surface area contributed by atoms with Gasteiger partial charge in [0.2, 0.25) is 0 Å². The van der Waals surface area contributed by atoms with Gasteiger partial charge in [0.25, 0.3) is 0 Å². The molecule has 1 aliphatic rings. The summed E-state index contributed by atoms with van der Waals surface area (Å²) in [5.41, 5.74) is 0. The minimum atomic E-state index is -0.498. The Morgan fingerprint density at radius 3 is 2.45 bits per heavy atom. The van der Waals surface area contributed by atoms with Crippen molar-refractivity contribution in [3.05, 3.63) is 0 Å². The molecule has 7 heteroatoms. The third-order valence-electron chi connectivity index (χ3n) is 3.33. The molecule has 0 bridgehead atoms. The Morgan fingerprint density at radius 1 is 1.18 bits per heavy atom. The molecule has 1 rings (SSSR count). The molecule has 1 fully saturated rings. The quantitative estimate of drug-likeness (QED) is 0.637. The lowest BCUT2D eigenvalue weighted by Gasteiger charge is -2.21.